The monoisotopic (exact) mass is 294 g/mol. The molecule has 0 unspecified atom stereocenters. The van der Waals surface area contributed by atoms with Crippen molar-refractivity contribution in [2.24, 2.45) is 0 Å². The molecule has 0 aliphatic carbocycles. The molecule has 2 aromatic carbocycles. The van der Waals surface area contributed by atoms with E-state index in [2.05, 4.69) is 39.8 Å². The molecule has 0 atom stereocenters. The molecular formula is C21H26O. The third kappa shape index (κ3) is 2.72. The number of benzene rings is 2. The Morgan fingerprint density at radius 1 is 0.727 bits per heavy atom. The molecule has 0 spiro atoms. The van der Waals surface area contributed by atoms with Crippen LogP contribution >= 0.6 is 0 Å². The van der Waals surface area contributed by atoms with Crippen LogP contribution in [0.5, 0.6) is 0 Å². The fourth-order valence-electron chi connectivity index (χ4n) is 3.70. The smallest absolute Gasteiger partial charge is 0.150 e. The number of carbonyl (C=O) groups excluding carboxylic acids is 1. The lowest BCUT2D eigenvalue weighted by atomic mass is 9.81. The summed E-state index contributed by atoms with van der Waals surface area (Å²) < 4.78 is 0. The van der Waals surface area contributed by atoms with Gasteiger partial charge in [-0.1, -0.05) is 58.0 Å². The lowest BCUT2D eigenvalue weighted by Crippen LogP contribution is -2.10. The van der Waals surface area contributed by atoms with Gasteiger partial charge in [-0.2, -0.15) is 0 Å². The lowest BCUT2D eigenvalue weighted by molar-refractivity contribution is 0.112. The maximum absolute atomic E-state index is 11.9. The highest BCUT2D eigenvalue weighted by atomic mass is 16.1. The summed E-state index contributed by atoms with van der Waals surface area (Å²) in [5.74, 6) is 0. The number of aldehydes is 1. The van der Waals surface area contributed by atoms with Crippen LogP contribution in [0.3, 0.4) is 0 Å². The first-order chi connectivity index (χ1) is 10.7. The summed E-state index contributed by atoms with van der Waals surface area (Å²) in [7, 11) is 0. The second-order valence-corrected chi connectivity index (χ2v) is 5.60. The topological polar surface area (TPSA) is 17.1 Å². The molecule has 116 valence electrons. The standard InChI is InChI=1S/C21H26O/c1-5-16-17(6-2)19(8-4)21(15-12-10-9-11-13-15)20(14-22)18(16)7-3/h9-14H,5-8H2,1-4H3. The van der Waals surface area contributed by atoms with Crippen molar-refractivity contribution in [2.45, 2.75) is 53.4 Å². The summed E-state index contributed by atoms with van der Waals surface area (Å²) in [6, 6.07) is 10.4. The summed E-state index contributed by atoms with van der Waals surface area (Å²) >= 11 is 0. The van der Waals surface area contributed by atoms with Crippen LogP contribution in [-0.4, -0.2) is 6.29 Å². The van der Waals surface area contributed by atoms with Gasteiger partial charge < -0.3 is 0 Å². The Morgan fingerprint density at radius 2 is 1.23 bits per heavy atom. The van der Waals surface area contributed by atoms with Crippen molar-refractivity contribution in [1.82, 2.24) is 0 Å². The Morgan fingerprint density at radius 3 is 1.68 bits per heavy atom. The molecule has 0 saturated carbocycles. The molecule has 0 amide bonds. The zero-order valence-electron chi connectivity index (χ0n) is 14.2. The van der Waals surface area contributed by atoms with E-state index in [0.717, 1.165) is 48.7 Å². The van der Waals surface area contributed by atoms with Crippen molar-refractivity contribution in [3.05, 3.63) is 58.1 Å². The van der Waals surface area contributed by atoms with E-state index >= 15 is 0 Å². The molecule has 1 nitrogen and oxygen atoms in total. The predicted octanol–water partition coefficient (Wildman–Crippen LogP) is 5.42. The minimum absolute atomic E-state index is 0.902. The molecule has 1 heteroatoms. The van der Waals surface area contributed by atoms with Gasteiger partial charge in [-0.05, 0) is 59.1 Å². The number of hydrogen-bond acceptors (Lipinski definition) is 1. The minimum Gasteiger partial charge on any atom is -0.298 e. The zero-order valence-corrected chi connectivity index (χ0v) is 14.2. The Balaban J connectivity index is 2.94. The molecule has 0 aliphatic rings. The predicted molar refractivity (Wildman–Crippen MR) is 94.8 cm³/mol. The van der Waals surface area contributed by atoms with Gasteiger partial charge in [-0.25, -0.2) is 0 Å². The molecule has 0 fully saturated rings. The summed E-state index contributed by atoms with van der Waals surface area (Å²) in [4.78, 5) is 11.9. The molecule has 2 rings (SSSR count). The Bertz CT molecular complexity index is 654. The first-order valence-corrected chi connectivity index (χ1v) is 8.43. The van der Waals surface area contributed by atoms with Crippen LogP contribution in [0, 0.1) is 0 Å². The van der Waals surface area contributed by atoms with Gasteiger partial charge in [-0.3, -0.25) is 4.79 Å². The van der Waals surface area contributed by atoms with Gasteiger partial charge in [0.2, 0.25) is 0 Å². The average Bonchev–Trinajstić information content (AvgIpc) is 2.59. The third-order valence-electron chi connectivity index (χ3n) is 4.58. The normalized spacial score (nSPS) is 10.7. The van der Waals surface area contributed by atoms with E-state index in [4.69, 9.17) is 0 Å². The lowest BCUT2D eigenvalue weighted by Gasteiger charge is -2.23. The van der Waals surface area contributed by atoms with Gasteiger partial charge in [-0.15, -0.1) is 0 Å². The Labute approximate surface area is 134 Å². The van der Waals surface area contributed by atoms with E-state index in [1.165, 1.54) is 22.3 Å². The zero-order chi connectivity index (χ0) is 16.1. The van der Waals surface area contributed by atoms with Gasteiger partial charge in [0.25, 0.3) is 0 Å². The van der Waals surface area contributed by atoms with Gasteiger partial charge in [0.1, 0.15) is 0 Å². The van der Waals surface area contributed by atoms with Crippen molar-refractivity contribution in [3.63, 3.8) is 0 Å². The van der Waals surface area contributed by atoms with Crippen LogP contribution in [0.15, 0.2) is 30.3 Å². The maximum Gasteiger partial charge on any atom is 0.150 e. The van der Waals surface area contributed by atoms with E-state index in [1.807, 2.05) is 18.2 Å². The van der Waals surface area contributed by atoms with E-state index in [1.54, 1.807) is 0 Å². The number of rotatable bonds is 6. The molecular weight excluding hydrogens is 268 g/mol. The SMILES string of the molecule is CCc1c(C=O)c(-c2ccccc2)c(CC)c(CC)c1CC. The molecule has 0 radical (unpaired) electrons. The molecule has 2 aromatic rings. The molecule has 0 heterocycles. The highest BCUT2D eigenvalue weighted by Gasteiger charge is 2.20. The minimum atomic E-state index is 0.902. The third-order valence-corrected chi connectivity index (χ3v) is 4.58. The fraction of sp³-hybridized carbons (Fsp3) is 0.381. The number of carbonyl (C=O) groups is 1. The fourth-order valence-corrected chi connectivity index (χ4v) is 3.70. The van der Waals surface area contributed by atoms with Gasteiger partial charge >= 0.3 is 0 Å². The molecule has 0 bridgehead atoms. The summed E-state index contributed by atoms with van der Waals surface area (Å²) in [6.07, 6.45) is 4.96. The van der Waals surface area contributed by atoms with Crippen LogP contribution in [0.4, 0.5) is 0 Å². The van der Waals surface area contributed by atoms with E-state index < -0.39 is 0 Å². The summed E-state index contributed by atoms with van der Waals surface area (Å²) in [6.45, 7) is 8.77. The van der Waals surface area contributed by atoms with Crippen molar-refractivity contribution < 1.29 is 4.79 Å². The first-order valence-electron chi connectivity index (χ1n) is 8.43. The summed E-state index contributed by atoms with van der Waals surface area (Å²) in [5.41, 5.74) is 8.65. The Hall–Kier alpha value is -1.89. The summed E-state index contributed by atoms with van der Waals surface area (Å²) in [5, 5.41) is 0. The van der Waals surface area contributed by atoms with Crippen LogP contribution in [0.25, 0.3) is 11.1 Å². The molecule has 22 heavy (non-hydrogen) atoms. The largest absolute Gasteiger partial charge is 0.298 e. The van der Waals surface area contributed by atoms with Crippen molar-refractivity contribution >= 4 is 6.29 Å². The molecule has 0 N–H and O–H groups in total. The Kier molecular flexibility index (Phi) is 5.54. The van der Waals surface area contributed by atoms with E-state index in [9.17, 15) is 4.79 Å². The van der Waals surface area contributed by atoms with Crippen LogP contribution < -0.4 is 0 Å². The van der Waals surface area contributed by atoms with E-state index in [0.29, 0.717) is 0 Å². The van der Waals surface area contributed by atoms with Gasteiger partial charge in [0.15, 0.2) is 6.29 Å². The molecule has 0 aromatic heterocycles. The first kappa shape index (κ1) is 16.5. The van der Waals surface area contributed by atoms with Gasteiger partial charge in [0, 0.05) is 5.56 Å². The molecule has 0 aliphatic heterocycles. The quantitative estimate of drug-likeness (QED) is 0.650. The van der Waals surface area contributed by atoms with Crippen LogP contribution in [0.2, 0.25) is 0 Å². The highest BCUT2D eigenvalue weighted by molar-refractivity contribution is 5.92. The second-order valence-electron chi connectivity index (χ2n) is 5.60. The van der Waals surface area contributed by atoms with Crippen molar-refractivity contribution in [1.29, 1.82) is 0 Å². The highest BCUT2D eigenvalue weighted by Crippen LogP contribution is 2.36. The average molecular weight is 294 g/mol. The van der Waals surface area contributed by atoms with Crippen molar-refractivity contribution in [2.75, 3.05) is 0 Å². The second kappa shape index (κ2) is 7.40. The van der Waals surface area contributed by atoms with Crippen molar-refractivity contribution in [3.8, 4) is 11.1 Å². The number of hydrogen-bond donors (Lipinski definition) is 0. The maximum atomic E-state index is 11.9. The van der Waals surface area contributed by atoms with Crippen LogP contribution in [-0.2, 0) is 25.7 Å². The van der Waals surface area contributed by atoms with Gasteiger partial charge in [0.05, 0.1) is 0 Å². The van der Waals surface area contributed by atoms with Crippen LogP contribution in [0.1, 0.15) is 60.3 Å². The molecule has 0 saturated heterocycles. The van der Waals surface area contributed by atoms with E-state index in [-0.39, 0.29) is 0 Å².